The van der Waals surface area contributed by atoms with Crippen molar-refractivity contribution in [1.29, 1.82) is 0 Å². The van der Waals surface area contributed by atoms with Gasteiger partial charge in [-0.05, 0) is 6.07 Å². The Kier molecular flexibility index (Phi) is 4.85. The molecule has 1 rings (SSSR count). The van der Waals surface area contributed by atoms with E-state index in [2.05, 4.69) is 5.32 Å². The maximum atomic E-state index is 10.9. The predicted octanol–water partition coefficient (Wildman–Crippen LogP) is -0.503. The Morgan fingerprint density at radius 1 is 1.37 bits per heavy atom. The van der Waals surface area contributed by atoms with Gasteiger partial charge in [0.2, 0.25) is 5.91 Å². The van der Waals surface area contributed by atoms with Crippen molar-refractivity contribution in [3.8, 4) is 0 Å². The average molecular weight is 268 g/mol. The molecule has 0 fully saturated rings. The van der Waals surface area contributed by atoms with E-state index >= 15 is 0 Å². The van der Waals surface area contributed by atoms with E-state index in [1.807, 2.05) is 0 Å². The zero-order chi connectivity index (χ0) is 14.6. The molecule has 0 bridgehead atoms. The maximum Gasteiger partial charge on any atom is 0.337 e. The number of hydrogen-bond donors (Lipinski definition) is 5. The Balaban J connectivity index is 2.93. The molecule has 2 atom stereocenters. The van der Waals surface area contributed by atoms with Crippen LogP contribution >= 0.6 is 0 Å². The first-order valence-electron chi connectivity index (χ1n) is 5.56. The summed E-state index contributed by atoms with van der Waals surface area (Å²) >= 11 is 0. The highest BCUT2D eigenvalue weighted by molar-refractivity contribution is 5.94. The fourth-order valence-corrected chi connectivity index (χ4v) is 1.59. The Morgan fingerprint density at radius 2 is 2.00 bits per heavy atom. The number of hydrogen-bond acceptors (Lipinski definition) is 5. The average Bonchev–Trinajstić information content (AvgIpc) is 2.34. The van der Waals surface area contributed by atoms with Gasteiger partial charge in [0.1, 0.15) is 12.2 Å². The van der Waals surface area contributed by atoms with Gasteiger partial charge in [-0.3, -0.25) is 4.79 Å². The third kappa shape index (κ3) is 3.67. The molecule has 0 spiro atoms. The molecule has 0 saturated heterocycles. The number of nitrogen functional groups attached to an aromatic ring is 1. The van der Waals surface area contributed by atoms with Crippen LogP contribution in [0.2, 0.25) is 0 Å². The number of carbonyl (C=O) groups is 2. The van der Waals surface area contributed by atoms with Gasteiger partial charge >= 0.3 is 5.97 Å². The van der Waals surface area contributed by atoms with E-state index < -0.39 is 18.2 Å². The number of nitrogens with one attached hydrogen (secondary N) is 1. The van der Waals surface area contributed by atoms with Gasteiger partial charge in [0.15, 0.2) is 0 Å². The summed E-state index contributed by atoms with van der Waals surface area (Å²) in [4.78, 5) is 21.6. The van der Waals surface area contributed by atoms with Gasteiger partial charge in [0.05, 0.1) is 11.3 Å². The molecule has 0 saturated carbocycles. The quantitative estimate of drug-likeness (QED) is 0.457. The third-order valence-corrected chi connectivity index (χ3v) is 2.61. The summed E-state index contributed by atoms with van der Waals surface area (Å²) in [6, 6.07) is 4.14. The largest absolute Gasteiger partial charge is 0.478 e. The monoisotopic (exact) mass is 268 g/mol. The summed E-state index contributed by atoms with van der Waals surface area (Å²) < 4.78 is 0. The predicted molar refractivity (Wildman–Crippen MR) is 67.5 cm³/mol. The fraction of sp³-hybridized carbons (Fsp3) is 0.333. The van der Waals surface area contributed by atoms with E-state index in [1.54, 1.807) is 0 Å². The van der Waals surface area contributed by atoms with E-state index in [1.165, 1.54) is 25.1 Å². The molecule has 2 unspecified atom stereocenters. The zero-order valence-electron chi connectivity index (χ0n) is 10.3. The zero-order valence-corrected chi connectivity index (χ0v) is 10.3. The lowest BCUT2D eigenvalue weighted by Gasteiger charge is -2.20. The molecule has 1 aromatic rings. The second-order valence-corrected chi connectivity index (χ2v) is 4.06. The highest BCUT2D eigenvalue weighted by Crippen LogP contribution is 2.26. The van der Waals surface area contributed by atoms with Crippen LogP contribution in [0, 0.1) is 0 Å². The summed E-state index contributed by atoms with van der Waals surface area (Å²) in [5, 5.41) is 30.9. The van der Waals surface area contributed by atoms with E-state index in [-0.39, 0.29) is 29.3 Å². The van der Waals surface area contributed by atoms with Crippen molar-refractivity contribution in [3.63, 3.8) is 0 Å². The number of aliphatic hydroxyl groups is 2. The second kappa shape index (κ2) is 6.17. The summed E-state index contributed by atoms with van der Waals surface area (Å²) in [7, 11) is 0. The van der Waals surface area contributed by atoms with Crippen LogP contribution in [0.15, 0.2) is 18.2 Å². The number of amides is 1. The van der Waals surface area contributed by atoms with Crippen LogP contribution in [0.5, 0.6) is 0 Å². The molecule has 19 heavy (non-hydrogen) atoms. The Labute approximate surface area is 109 Å². The normalized spacial score (nSPS) is 13.6. The van der Waals surface area contributed by atoms with Gasteiger partial charge in [-0.2, -0.15) is 0 Å². The lowest BCUT2D eigenvalue weighted by Crippen LogP contribution is -2.34. The Bertz CT molecular complexity index is 489. The molecule has 7 nitrogen and oxygen atoms in total. The number of rotatable bonds is 5. The topological polar surface area (TPSA) is 133 Å². The number of benzene rings is 1. The first-order chi connectivity index (χ1) is 8.84. The van der Waals surface area contributed by atoms with Crippen molar-refractivity contribution in [2.75, 3.05) is 12.3 Å². The highest BCUT2D eigenvalue weighted by atomic mass is 16.4. The van der Waals surface area contributed by atoms with Crippen molar-refractivity contribution < 1.29 is 24.9 Å². The van der Waals surface area contributed by atoms with Gasteiger partial charge in [-0.1, -0.05) is 12.1 Å². The molecule has 0 heterocycles. The van der Waals surface area contributed by atoms with Crippen molar-refractivity contribution in [2.45, 2.75) is 19.1 Å². The van der Waals surface area contributed by atoms with Gasteiger partial charge in [-0.25, -0.2) is 4.79 Å². The molecule has 0 radical (unpaired) electrons. The van der Waals surface area contributed by atoms with E-state index in [9.17, 15) is 19.8 Å². The van der Waals surface area contributed by atoms with E-state index in [0.29, 0.717) is 0 Å². The highest BCUT2D eigenvalue weighted by Gasteiger charge is 2.23. The number of aromatic carboxylic acids is 1. The molecule has 7 heteroatoms. The van der Waals surface area contributed by atoms with Crippen LogP contribution in [-0.4, -0.2) is 39.8 Å². The molecular weight excluding hydrogens is 252 g/mol. The number of anilines is 1. The third-order valence-electron chi connectivity index (χ3n) is 2.61. The van der Waals surface area contributed by atoms with Crippen molar-refractivity contribution in [1.82, 2.24) is 5.32 Å². The summed E-state index contributed by atoms with van der Waals surface area (Å²) in [5.74, 6) is -1.57. The lowest BCUT2D eigenvalue weighted by molar-refractivity contribution is -0.119. The van der Waals surface area contributed by atoms with Crippen LogP contribution < -0.4 is 11.1 Å². The lowest BCUT2D eigenvalue weighted by atomic mass is 9.99. The first kappa shape index (κ1) is 14.9. The van der Waals surface area contributed by atoms with Gasteiger partial charge in [0, 0.05) is 19.0 Å². The molecule has 0 aliphatic rings. The van der Waals surface area contributed by atoms with Crippen LogP contribution in [0.4, 0.5) is 5.69 Å². The molecule has 0 aliphatic heterocycles. The van der Waals surface area contributed by atoms with E-state index in [0.717, 1.165) is 0 Å². The minimum absolute atomic E-state index is 0.107. The molecular formula is C12H16N2O5. The molecule has 0 aromatic heterocycles. The minimum atomic E-state index is -1.38. The van der Waals surface area contributed by atoms with Crippen LogP contribution in [0.3, 0.4) is 0 Å². The SMILES string of the molecule is CC(=O)NCC(O)C(O)c1cccc(C(=O)O)c1N. The van der Waals surface area contributed by atoms with Crippen LogP contribution in [-0.2, 0) is 4.79 Å². The molecule has 104 valence electrons. The van der Waals surface area contributed by atoms with E-state index in [4.69, 9.17) is 10.8 Å². The number of carbonyl (C=O) groups excluding carboxylic acids is 1. The van der Waals surface area contributed by atoms with Gasteiger partial charge in [-0.15, -0.1) is 0 Å². The second-order valence-electron chi connectivity index (χ2n) is 4.06. The number of aliphatic hydroxyl groups excluding tert-OH is 2. The number of carboxylic acid groups (broad SMARTS) is 1. The molecule has 1 aromatic carbocycles. The summed E-state index contributed by atoms with van der Waals surface area (Å²) in [6.07, 6.45) is -2.67. The van der Waals surface area contributed by atoms with Crippen LogP contribution in [0.1, 0.15) is 28.9 Å². The first-order valence-corrected chi connectivity index (χ1v) is 5.56. The number of carboxylic acids is 1. The fourth-order valence-electron chi connectivity index (χ4n) is 1.59. The van der Waals surface area contributed by atoms with Crippen LogP contribution in [0.25, 0.3) is 0 Å². The summed E-state index contributed by atoms with van der Waals surface area (Å²) in [6.45, 7) is 1.12. The number of nitrogens with two attached hydrogens (primary N) is 1. The van der Waals surface area contributed by atoms with Gasteiger partial charge < -0.3 is 26.4 Å². The number of para-hydroxylation sites is 1. The smallest absolute Gasteiger partial charge is 0.337 e. The standard InChI is InChI=1S/C12H16N2O5/c1-6(15)14-5-9(16)11(17)7-3-2-4-8(10(7)13)12(18)19/h2-4,9,11,16-17H,5,13H2,1H3,(H,14,15)(H,18,19). The Hall–Kier alpha value is -2.12. The molecule has 1 amide bonds. The minimum Gasteiger partial charge on any atom is -0.478 e. The molecule has 0 aliphatic carbocycles. The van der Waals surface area contributed by atoms with Crippen molar-refractivity contribution >= 4 is 17.6 Å². The van der Waals surface area contributed by atoms with Crippen molar-refractivity contribution in [3.05, 3.63) is 29.3 Å². The Morgan fingerprint density at radius 3 is 2.53 bits per heavy atom. The van der Waals surface area contributed by atoms with Crippen molar-refractivity contribution in [2.24, 2.45) is 0 Å². The summed E-state index contributed by atoms with van der Waals surface area (Å²) in [5.41, 5.74) is 5.49. The molecule has 6 N–H and O–H groups in total. The maximum absolute atomic E-state index is 10.9. The van der Waals surface area contributed by atoms with Gasteiger partial charge in [0.25, 0.3) is 0 Å².